The Morgan fingerprint density at radius 2 is 1.68 bits per heavy atom. The number of amidine groups is 1. The largest absolute Gasteiger partial charge is 0.466 e. The fourth-order valence-corrected chi connectivity index (χ4v) is 2.98. The topological polar surface area (TPSA) is 120 Å². The SMILES string of the molecule is CCOC(=O)CCN1CCN(CCC(=O)Nc2ccc(C(N)=NO)cc2)CC1. The number of hydrogen-bond donors (Lipinski definition) is 3. The summed E-state index contributed by atoms with van der Waals surface area (Å²) in [6.45, 7) is 7.17. The Bertz CT molecular complexity index is 669. The van der Waals surface area contributed by atoms with Gasteiger partial charge in [-0.2, -0.15) is 0 Å². The number of piperazine rings is 1. The third kappa shape index (κ3) is 7.16. The first kappa shape index (κ1) is 21.6. The molecule has 9 nitrogen and oxygen atoms in total. The number of benzene rings is 1. The minimum Gasteiger partial charge on any atom is -0.466 e. The highest BCUT2D eigenvalue weighted by molar-refractivity contribution is 5.98. The highest BCUT2D eigenvalue weighted by Gasteiger charge is 2.18. The molecule has 0 radical (unpaired) electrons. The number of carbonyl (C=O) groups is 2. The van der Waals surface area contributed by atoms with Crippen LogP contribution in [0, 0.1) is 0 Å². The molecule has 1 aliphatic rings. The number of oxime groups is 1. The van der Waals surface area contributed by atoms with Gasteiger partial charge in [-0.15, -0.1) is 0 Å². The van der Waals surface area contributed by atoms with Crippen LogP contribution in [-0.4, -0.2) is 78.6 Å². The summed E-state index contributed by atoms with van der Waals surface area (Å²) in [4.78, 5) is 28.1. The summed E-state index contributed by atoms with van der Waals surface area (Å²) < 4.78 is 4.95. The summed E-state index contributed by atoms with van der Waals surface area (Å²) in [5, 5.41) is 14.4. The number of carbonyl (C=O) groups excluding carboxylic acids is 2. The van der Waals surface area contributed by atoms with Crippen LogP contribution in [0.25, 0.3) is 0 Å². The number of hydrogen-bond acceptors (Lipinski definition) is 7. The van der Waals surface area contributed by atoms with Crippen molar-refractivity contribution in [2.24, 2.45) is 10.9 Å². The van der Waals surface area contributed by atoms with Crippen LogP contribution in [0.2, 0.25) is 0 Å². The molecule has 0 aromatic heterocycles. The van der Waals surface area contributed by atoms with Crippen LogP contribution in [0.15, 0.2) is 29.4 Å². The molecule has 1 fully saturated rings. The number of nitrogens with one attached hydrogen (secondary N) is 1. The highest BCUT2D eigenvalue weighted by Crippen LogP contribution is 2.10. The highest BCUT2D eigenvalue weighted by atomic mass is 16.5. The van der Waals surface area contributed by atoms with Crippen molar-refractivity contribution in [3.8, 4) is 0 Å². The first-order chi connectivity index (χ1) is 13.5. The molecule has 1 heterocycles. The minimum atomic E-state index is -0.152. The summed E-state index contributed by atoms with van der Waals surface area (Å²) in [5.74, 6) is -0.179. The summed E-state index contributed by atoms with van der Waals surface area (Å²) >= 11 is 0. The molecule has 1 aromatic carbocycles. The molecule has 154 valence electrons. The van der Waals surface area contributed by atoms with Gasteiger partial charge >= 0.3 is 5.97 Å². The van der Waals surface area contributed by atoms with Gasteiger partial charge in [0.1, 0.15) is 0 Å². The zero-order valence-electron chi connectivity index (χ0n) is 16.3. The molecular formula is C19H29N5O4. The van der Waals surface area contributed by atoms with E-state index in [0.717, 1.165) is 26.2 Å². The van der Waals surface area contributed by atoms with E-state index in [0.29, 0.717) is 43.8 Å². The molecule has 1 aliphatic heterocycles. The average molecular weight is 391 g/mol. The Labute approximate surface area is 165 Å². The molecule has 4 N–H and O–H groups in total. The molecule has 0 spiro atoms. The van der Waals surface area contributed by atoms with Gasteiger partial charge in [0.2, 0.25) is 5.91 Å². The molecular weight excluding hydrogens is 362 g/mol. The summed E-state index contributed by atoms with van der Waals surface area (Å²) in [5.41, 5.74) is 6.77. The lowest BCUT2D eigenvalue weighted by Gasteiger charge is -2.34. The van der Waals surface area contributed by atoms with E-state index >= 15 is 0 Å². The van der Waals surface area contributed by atoms with Crippen LogP contribution in [0.5, 0.6) is 0 Å². The average Bonchev–Trinajstić information content (AvgIpc) is 2.71. The van der Waals surface area contributed by atoms with E-state index in [9.17, 15) is 9.59 Å². The Morgan fingerprint density at radius 1 is 1.11 bits per heavy atom. The molecule has 9 heteroatoms. The van der Waals surface area contributed by atoms with Gasteiger partial charge in [-0.25, -0.2) is 0 Å². The molecule has 1 amide bonds. The van der Waals surface area contributed by atoms with Crippen molar-refractivity contribution < 1.29 is 19.5 Å². The molecule has 28 heavy (non-hydrogen) atoms. The minimum absolute atomic E-state index is 0.0271. The lowest BCUT2D eigenvalue weighted by atomic mass is 10.2. The third-order valence-corrected chi connectivity index (χ3v) is 4.63. The van der Waals surface area contributed by atoms with Crippen LogP contribution in [-0.2, 0) is 14.3 Å². The van der Waals surface area contributed by atoms with Crippen LogP contribution in [0.3, 0.4) is 0 Å². The van der Waals surface area contributed by atoms with Crippen LogP contribution in [0.4, 0.5) is 5.69 Å². The quantitative estimate of drug-likeness (QED) is 0.186. The maximum atomic E-state index is 12.1. The third-order valence-electron chi connectivity index (χ3n) is 4.63. The van der Waals surface area contributed by atoms with E-state index in [1.54, 1.807) is 24.3 Å². The van der Waals surface area contributed by atoms with Crippen molar-refractivity contribution in [3.63, 3.8) is 0 Å². The van der Waals surface area contributed by atoms with Gasteiger partial charge < -0.3 is 30.8 Å². The number of anilines is 1. The first-order valence-corrected chi connectivity index (χ1v) is 9.50. The number of nitrogens with two attached hydrogens (primary N) is 1. The van der Waals surface area contributed by atoms with Gasteiger partial charge in [0.05, 0.1) is 13.0 Å². The zero-order valence-corrected chi connectivity index (χ0v) is 16.3. The van der Waals surface area contributed by atoms with Crippen LogP contribution < -0.4 is 11.1 Å². The fourth-order valence-electron chi connectivity index (χ4n) is 2.98. The van der Waals surface area contributed by atoms with E-state index in [2.05, 4.69) is 20.3 Å². The molecule has 0 saturated carbocycles. The predicted octanol–water partition coefficient (Wildman–Crippen LogP) is 0.681. The molecule has 1 aromatic rings. The number of nitrogens with zero attached hydrogens (tertiary/aromatic N) is 3. The smallest absolute Gasteiger partial charge is 0.307 e. The van der Waals surface area contributed by atoms with Crippen molar-refractivity contribution >= 4 is 23.4 Å². The molecule has 0 atom stereocenters. The Kier molecular flexibility index (Phi) is 8.70. The Hall–Kier alpha value is -2.65. The maximum Gasteiger partial charge on any atom is 0.307 e. The monoisotopic (exact) mass is 391 g/mol. The number of esters is 1. The van der Waals surface area contributed by atoms with Gasteiger partial charge in [0.15, 0.2) is 5.84 Å². The van der Waals surface area contributed by atoms with Gasteiger partial charge in [-0.1, -0.05) is 5.16 Å². The van der Waals surface area contributed by atoms with Gasteiger partial charge in [-0.3, -0.25) is 9.59 Å². The van der Waals surface area contributed by atoms with Crippen molar-refractivity contribution in [2.45, 2.75) is 19.8 Å². The molecule has 0 aliphatic carbocycles. The summed E-state index contributed by atoms with van der Waals surface area (Å²) in [6.07, 6.45) is 0.829. The fraction of sp³-hybridized carbons (Fsp3) is 0.526. The standard InChI is InChI=1S/C19H29N5O4/c1-2-28-18(26)8-10-24-13-11-23(12-14-24)9-7-17(25)21-16-5-3-15(4-6-16)19(20)22-27/h3-6,27H,2,7-14H2,1H3,(H2,20,22)(H,21,25). The second-order valence-corrected chi connectivity index (χ2v) is 6.60. The maximum absolute atomic E-state index is 12.1. The van der Waals surface area contributed by atoms with E-state index in [4.69, 9.17) is 15.7 Å². The van der Waals surface area contributed by atoms with Crippen LogP contribution >= 0.6 is 0 Å². The zero-order chi connectivity index (χ0) is 20.4. The van der Waals surface area contributed by atoms with Crippen molar-refractivity contribution in [2.75, 3.05) is 51.2 Å². The predicted molar refractivity (Wildman–Crippen MR) is 106 cm³/mol. The van der Waals surface area contributed by atoms with Crippen LogP contribution in [0.1, 0.15) is 25.3 Å². The Morgan fingerprint density at radius 3 is 2.21 bits per heavy atom. The van der Waals surface area contributed by atoms with Gasteiger partial charge in [0.25, 0.3) is 0 Å². The normalized spacial score (nSPS) is 16.0. The van der Waals surface area contributed by atoms with Gasteiger partial charge in [0, 0.05) is 56.9 Å². The lowest BCUT2D eigenvalue weighted by molar-refractivity contribution is -0.143. The molecule has 2 rings (SSSR count). The molecule has 0 unspecified atom stereocenters. The van der Waals surface area contributed by atoms with Crippen molar-refractivity contribution in [3.05, 3.63) is 29.8 Å². The summed E-state index contributed by atoms with van der Waals surface area (Å²) in [7, 11) is 0. The van der Waals surface area contributed by atoms with E-state index in [-0.39, 0.29) is 17.7 Å². The van der Waals surface area contributed by atoms with E-state index in [1.165, 1.54) is 0 Å². The number of rotatable bonds is 9. The molecule has 1 saturated heterocycles. The van der Waals surface area contributed by atoms with Gasteiger partial charge in [-0.05, 0) is 31.2 Å². The van der Waals surface area contributed by atoms with E-state index < -0.39 is 0 Å². The first-order valence-electron chi connectivity index (χ1n) is 9.50. The summed E-state index contributed by atoms with van der Waals surface area (Å²) in [6, 6.07) is 6.79. The second kappa shape index (κ2) is 11.3. The van der Waals surface area contributed by atoms with E-state index in [1.807, 2.05) is 6.92 Å². The number of amides is 1. The Balaban J connectivity index is 1.65. The lowest BCUT2D eigenvalue weighted by Crippen LogP contribution is -2.47. The molecule has 0 bridgehead atoms. The second-order valence-electron chi connectivity index (χ2n) is 6.60. The number of ether oxygens (including phenoxy) is 1. The van der Waals surface area contributed by atoms with Crippen molar-refractivity contribution in [1.82, 2.24) is 9.80 Å². The van der Waals surface area contributed by atoms with Crippen molar-refractivity contribution in [1.29, 1.82) is 0 Å².